The van der Waals surface area contributed by atoms with E-state index in [0.717, 1.165) is 54.5 Å². The summed E-state index contributed by atoms with van der Waals surface area (Å²) in [5, 5.41) is 23.0. The van der Waals surface area contributed by atoms with Gasteiger partial charge in [-0.05, 0) is 24.3 Å². The van der Waals surface area contributed by atoms with Crippen molar-refractivity contribution >= 4 is 28.4 Å². The highest BCUT2D eigenvalue weighted by Gasteiger charge is 2.24. The van der Waals surface area contributed by atoms with Crippen molar-refractivity contribution in [1.29, 1.82) is 0 Å². The van der Waals surface area contributed by atoms with E-state index in [1.165, 1.54) is 6.07 Å². The Morgan fingerprint density at radius 1 is 0.812 bits per heavy atom. The predicted molar refractivity (Wildman–Crippen MR) is 123 cm³/mol. The quantitative estimate of drug-likeness (QED) is 0.519. The highest BCUT2D eigenvalue weighted by atomic mass is 16.5. The summed E-state index contributed by atoms with van der Waals surface area (Å²) >= 11 is 0. The molecule has 0 amide bonds. The Bertz CT molecular complexity index is 1100. The number of aromatic hydroxyl groups is 2. The lowest BCUT2D eigenvalue weighted by molar-refractivity contribution is 0.120. The third kappa shape index (κ3) is 4.21. The zero-order valence-electron chi connectivity index (χ0n) is 17.8. The van der Waals surface area contributed by atoms with E-state index in [1.54, 1.807) is 12.1 Å². The van der Waals surface area contributed by atoms with Crippen molar-refractivity contribution in [3.63, 3.8) is 0 Å². The zero-order valence-corrected chi connectivity index (χ0v) is 17.8. The summed E-state index contributed by atoms with van der Waals surface area (Å²) < 4.78 is 11.1. The summed E-state index contributed by atoms with van der Waals surface area (Å²) in [6.45, 7) is 6.27. The highest BCUT2D eigenvalue weighted by Crippen LogP contribution is 2.31. The van der Waals surface area contributed by atoms with Crippen molar-refractivity contribution in [2.45, 2.75) is 6.54 Å². The number of phenols is 2. The number of rotatable bonds is 5. The molecule has 5 rings (SSSR count). The van der Waals surface area contributed by atoms with Crippen LogP contribution in [0.1, 0.15) is 5.56 Å². The predicted octanol–water partition coefficient (Wildman–Crippen LogP) is 2.33. The topological polar surface area (TPSA) is 103 Å². The zero-order chi connectivity index (χ0) is 21.9. The van der Waals surface area contributed by atoms with Crippen LogP contribution in [0.25, 0.3) is 11.0 Å². The van der Waals surface area contributed by atoms with Crippen molar-refractivity contribution in [2.24, 2.45) is 0 Å². The van der Waals surface area contributed by atoms with Crippen molar-refractivity contribution in [2.75, 3.05) is 67.7 Å². The van der Waals surface area contributed by atoms with Gasteiger partial charge in [0, 0.05) is 44.0 Å². The maximum absolute atomic E-state index is 10.0. The molecule has 2 saturated heterocycles. The Balaban J connectivity index is 1.46. The summed E-state index contributed by atoms with van der Waals surface area (Å²) in [6, 6.07) is 10.8. The van der Waals surface area contributed by atoms with Crippen LogP contribution in [0.4, 0.5) is 17.3 Å². The molecule has 0 bridgehead atoms. The van der Waals surface area contributed by atoms with E-state index in [-0.39, 0.29) is 11.5 Å². The maximum atomic E-state index is 10.0. The molecule has 0 radical (unpaired) electrons. The molecule has 2 aliphatic rings. The van der Waals surface area contributed by atoms with Gasteiger partial charge in [-0.1, -0.05) is 12.1 Å². The Morgan fingerprint density at radius 3 is 2.09 bits per heavy atom. The standard InChI is InChI=1S/C23H27N5O4/c29-20-3-1-2-16(21(20)30)15-24-17-4-5-18-19(14-17)26-23(28-8-12-32-13-9-28)22(25-18)27-6-10-31-11-7-27/h1-5,14,24,29-30H,6-13,15H2. The number of fused-ring (bicyclic) bond motifs is 1. The summed E-state index contributed by atoms with van der Waals surface area (Å²) in [6.07, 6.45) is 0. The van der Waals surface area contributed by atoms with E-state index in [2.05, 4.69) is 15.1 Å². The summed E-state index contributed by atoms with van der Waals surface area (Å²) in [5.41, 5.74) is 3.11. The lowest BCUT2D eigenvalue weighted by Gasteiger charge is -2.34. The molecule has 32 heavy (non-hydrogen) atoms. The molecule has 3 N–H and O–H groups in total. The van der Waals surface area contributed by atoms with Gasteiger partial charge in [-0.15, -0.1) is 0 Å². The smallest absolute Gasteiger partial charge is 0.172 e. The summed E-state index contributed by atoms with van der Waals surface area (Å²) in [7, 11) is 0. The first-order valence-corrected chi connectivity index (χ1v) is 10.9. The van der Waals surface area contributed by atoms with Gasteiger partial charge in [0.1, 0.15) is 0 Å². The molecule has 0 atom stereocenters. The third-order valence-corrected chi connectivity index (χ3v) is 5.83. The average Bonchev–Trinajstić information content (AvgIpc) is 2.85. The van der Waals surface area contributed by atoms with Crippen LogP contribution >= 0.6 is 0 Å². The fourth-order valence-electron chi connectivity index (χ4n) is 4.04. The van der Waals surface area contributed by atoms with E-state index in [9.17, 15) is 10.2 Å². The fourth-order valence-corrected chi connectivity index (χ4v) is 4.04. The van der Waals surface area contributed by atoms with Gasteiger partial charge < -0.3 is 34.8 Å². The first-order chi connectivity index (χ1) is 15.7. The van der Waals surface area contributed by atoms with Crippen LogP contribution in [-0.2, 0) is 16.0 Å². The Hall–Kier alpha value is -3.30. The molecular weight excluding hydrogens is 410 g/mol. The molecule has 1 aromatic heterocycles. The van der Waals surface area contributed by atoms with Crippen LogP contribution in [-0.4, -0.2) is 72.8 Å². The minimum Gasteiger partial charge on any atom is -0.504 e. The van der Waals surface area contributed by atoms with Gasteiger partial charge in [-0.3, -0.25) is 0 Å². The van der Waals surface area contributed by atoms with E-state index in [0.29, 0.717) is 38.5 Å². The Morgan fingerprint density at radius 2 is 1.44 bits per heavy atom. The van der Waals surface area contributed by atoms with E-state index in [4.69, 9.17) is 19.4 Å². The first-order valence-electron chi connectivity index (χ1n) is 10.9. The maximum Gasteiger partial charge on any atom is 0.172 e. The Labute approximate surface area is 186 Å². The molecule has 3 aromatic rings. The van der Waals surface area contributed by atoms with Crippen LogP contribution in [0.2, 0.25) is 0 Å². The minimum absolute atomic E-state index is 0.106. The molecule has 0 spiro atoms. The number of nitrogens with one attached hydrogen (secondary N) is 1. The van der Waals surface area contributed by atoms with E-state index < -0.39 is 0 Å². The number of phenolic OH excluding ortho intramolecular Hbond substituents is 2. The molecule has 168 valence electrons. The van der Waals surface area contributed by atoms with Gasteiger partial charge in [-0.2, -0.15) is 0 Å². The number of hydrogen-bond donors (Lipinski definition) is 3. The van der Waals surface area contributed by atoms with Crippen LogP contribution in [0, 0.1) is 0 Å². The SMILES string of the molecule is Oc1cccc(CNc2ccc3nc(N4CCOCC4)c(N4CCOCC4)nc3c2)c1O. The van der Waals surface area contributed by atoms with E-state index >= 15 is 0 Å². The van der Waals surface area contributed by atoms with Crippen LogP contribution in [0.3, 0.4) is 0 Å². The largest absolute Gasteiger partial charge is 0.504 e. The lowest BCUT2D eigenvalue weighted by Crippen LogP contribution is -2.41. The molecule has 0 saturated carbocycles. The van der Waals surface area contributed by atoms with Gasteiger partial charge in [0.05, 0.1) is 37.5 Å². The van der Waals surface area contributed by atoms with Gasteiger partial charge in [-0.25, -0.2) is 9.97 Å². The molecule has 2 fully saturated rings. The van der Waals surface area contributed by atoms with Gasteiger partial charge in [0.25, 0.3) is 0 Å². The normalized spacial score (nSPS) is 17.0. The third-order valence-electron chi connectivity index (χ3n) is 5.83. The van der Waals surface area contributed by atoms with E-state index in [1.807, 2.05) is 18.2 Å². The van der Waals surface area contributed by atoms with Crippen LogP contribution < -0.4 is 15.1 Å². The summed E-state index contributed by atoms with van der Waals surface area (Å²) in [4.78, 5) is 14.5. The number of benzene rings is 2. The van der Waals surface area contributed by atoms with Crippen LogP contribution in [0.15, 0.2) is 36.4 Å². The molecule has 2 aromatic carbocycles. The van der Waals surface area contributed by atoms with Gasteiger partial charge >= 0.3 is 0 Å². The number of anilines is 3. The highest BCUT2D eigenvalue weighted by molar-refractivity contribution is 5.84. The molecule has 0 aliphatic carbocycles. The minimum atomic E-state index is -0.125. The monoisotopic (exact) mass is 437 g/mol. The molecule has 0 unspecified atom stereocenters. The lowest BCUT2D eigenvalue weighted by atomic mass is 10.1. The summed E-state index contributed by atoms with van der Waals surface area (Å²) in [5.74, 6) is 1.54. The number of nitrogens with zero attached hydrogens (tertiary/aromatic N) is 4. The second-order valence-corrected chi connectivity index (χ2v) is 7.91. The second kappa shape index (κ2) is 9.05. The van der Waals surface area contributed by atoms with Gasteiger partial charge in [0.2, 0.25) is 0 Å². The molecule has 3 heterocycles. The average molecular weight is 438 g/mol. The molecular formula is C23H27N5O4. The van der Waals surface area contributed by atoms with Crippen LogP contribution in [0.5, 0.6) is 11.5 Å². The van der Waals surface area contributed by atoms with Crippen molar-refractivity contribution in [1.82, 2.24) is 9.97 Å². The fraction of sp³-hybridized carbons (Fsp3) is 0.391. The van der Waals surface area contributed by atoms with Gasteiger partial charge in [0.15, 0.2) is 23.1 Å². The van der Waals surface area contributed by atoms with Crippen molar-refractivity contribution < 1.29 is 19.7 Å². The Kier molecular flexibility index (Phi) is 5.83. The van der Waals surface area contributed by atoms with Crippen molar-refractivity contribution in [3.8, 4) is 11.5 Å². The molecule has 9 heteroatoms. The number of aromatic nitrogens is 2. The number of hydrogen-bond acceptors (Lipinski definition) is 9. The first kappa shape index (κ1) is 20.6. The number of para-hydroxylation sites is 1. The molecule has 9 nitrogen and oxygen atoms in total. The number of morpholine rings is 2. The molecule has 2 aliphatic heterocycles. The van der Waals surface area contributed by atoms with Crippen molar-refractivity contribution in [3.05, 3.63) is 42.0 Å². The number of ether oxygens (including phenoxy) is 2. The second-order valence-electron chi connectivity index (χ2n) is 7.91.